The van der Waals surface area contributed by atoms with Gasteiger partial charge in [-0.3, -0.25) is 4.79 Å². The Bertz CT molecular complexity index is 588. The number of likely N-dealkylation sites (tertiary alicyclic amines) is 1. The number of hydrogen-bond acceptors (Lipinski definition) is 4. The second-order valence-electron chi connectivity index (χ2n) is 5.72. The highest BCUT2D eigenvalue weighted by molar-refractivity contribution is 5.92. The van der Waals surface area contributed by atoms with Crippen LogP contribution in [0.2, 0.25) is 0 Å². The SMILES string of the molecule is NCC#Cc1ccc(C(=O)N2CC3CCC(O)C3C2)nc1. The molecule has 0 spiro atoms. The van der Waals surface area contributed by atoms with Gasteiger partial charge in [-0.05, 0) is 30.9 Å². The molecular formula is C16H19N3O2. The molecule has 0 aromatic carbocycles. The maximum atomic E-state index is 12.4. The molecule has 0 radical (unpaired) electrons. The van der Waals surface area contributed by atoms with Gasteiger partial charge in [0.05, 0.1) is 12.6 Å². The molecule has 2 fully saturated rings. The molecule has 2 aliphatic rings. The topological polar surface area (TPSA) is 79.5 Å². The van der Waals surface area contributed by atoms with Gasteiger partial charge in [0.2, 0.25) is 0 Å². The number of rotatable bonds is 1. The van der Waals surface area contributed by atoms with Crippen molar-refractivity contribution in [1.29, 1.82) is 0 Å². The second-order valence-corrected chi connectivity index (χ2v) is 5.72. The van der Waals surface area contributed by atoms with Crippen molar-refractivity contribution in [3.8, 4) is 11.8 Å². The number of nitrogens with two attached hydrogens (primary N) is 1. The van der Waals surface area contributed by atoms with E-state index in [2.05, 4.69) is 16.8 Å². The maximum Gasteiger partial charge on any atom is 0.272 e. The average molecular weight is 285 g/mol. The summed E-state index contributed by atoms with van der Waals surface area (Å²) < 4.78 is 0. The summed E-state index contributed by atoms with van der Waals surface area (Å²) in [6, 6.07) is 3.49. The zero-order valence-corrected chi connectivity index (χ0v) is 11.8. The first kappa shape index (κ1) is 14.1. The van der Waals surface area contributed by atoms with Crippen molar-refractivity contribution in [3.63, 3.8) is 0 Å². The molecule has 110 valence electrons. The van der Waals surface area contributed by atoms with Crippen molar-refractivity contribution in [3.05, 3.63) is 29.6 Å². The minimum Gasteiger partial charge on any atom is -0.393 e. The van der Waals surface area contributed by atoms with Gasteiger partial charge in [0, 0.05) is 30.8 Å². The van der Waals surface area contributed by atoms with Crippen LogP contribution in [0.3, 0.4) is 0 Å². The van der Waals surface area contributed by atoms with Gasteiger partial charge in [0.1, 0.15) is 5.69 Å². The monoisotopic (exact) mass is 285 g/mol. The second kappa shape index (κ2) is 5.84. The molecule has 1 aliphatic heterocycles. The molecule has 1 aromatic heterocycles. The predicted octanol–water partition coefficient (Wildman–Crippen LogP) is 0.235. The van der Waals surface area contributed by atoms with Crippen molar-refractivity contribution in [2.24, 2.45) is 17.6 Å². The summed E-state index contributed by atoms with van der Waals surface area (Å²) in [6.07, 6.45) is 3.22. The van der Waals surface area contributed by atoms with Crippen LogP contribution in [0.4, 0.5) is 0 Å². The molecule has 1 saturated carbocycles. The molecule has 1 aromatic rings. The van der Waals surface area contributed by atoms with Crippen LogP contribution >= 0.6 is 0 Å². The van der Waals surface area contributed by atoms with Crippen molar-refractivity contribution in [2.75, 3.05) is 19.6 Å². The molecule has 21 heavy (non-hydrogen) atoms. The molecule has 5 nitrogen and oxygen atoms in total. The van der Waals surface area contributed by atoms with Gasteiger partial charge in [-0.25, -0.2) is 4.98 Å². The van der Waals surface area contributed by atoms with E-state index in [-0.39, 0.29) is 17.9 Å². The highest BCUT2D eigenvalue weighted by Crippen LogP contribution is 2.38. The summed E-state index contributed by atoms with van der Waals surface area (Å²) in [5, 5.41) is 9.91. The van der Waals surface area contributed by atoms with E-state index >= 15 is 0 Å². The molecule has 3 rings (SSSR count). The van der Waals surface area contributed by atoms with Crippen LogP contribution < -0.4 is 5.73 Å². The normalized spacial score (nSPS) is 27.1. The average Bonchev–Trinajstić information content (AvgIpc) is 3.07. The van der Waals surface area contributed by atoms with Crippen LogP contribution in [0.25, 0.3) is 0 Å². The van der Waals surface area contributed by atoms with Crippen molar-refractivity contribution < 1.29 is 9.90 Å². The Labute approximate surface area is 124 Å². The van der Waals surface area contributed by atoms with Crippen LogP contribution in [0.1, 0.15) is 28.9 Å². The summed E-state index contributed by atoms with van der Waals surface area (Å²) in [4.78, 5) is 18.4. The van der Waals surface area contributed by atoms with E-state index in [1.54, 1.807) is 18.3 Å². The molecule has 1 amide bonds. The van der Waals surface area contributed by atoms with Gasteiger partial charge in [0.15, 0.2) is 0 Å². The number of aliphatic hydroxyl groups is 1. The number of carbonyl (C=O) groups is 1. The van der Waals surface area contributed by atoms with E-state index in [0.717, 1.165) is 24.9 Å². The fourth-order valence-corrected chi connectivity index (χ4v) is 3.31. The number of hydrogen-bond donors (Lipinski definition) is 2. The molecule has 1 aliphatic carbocycles. The van der Waals surface area contributed by atoms with Crippen LogP contribution in [0.5, 0.6) is 0 Å². The Kier molecular flexibility index (Phi) is 3.91. The lowest BCUT2D eigenvalue weighted by Crippen LogP contribution is -2.31. The van der Waals surface area contributed by atoms with Gasteiger partial charge >= 0.3 is 0 Å². The number of carbonyl (C=O) groups excluding carboxylic acids is 1. The van der Waals surface area contributed by atoms with E-state index in [4.69, 9.17) is 5.73 Å². The molecule has 1 saturated heterocycles. The third kappa shape index (κ3) is 2.78. The van der Waals surface area contributed by atoms with Crippen molar-refractivity contribution in [2.45, 2.75) is 18.9 Å². The number of fused-ring (bicyclic) bond motifs is 1. The van der Waals surface area contributed by atoms with E-state index in [1.165, 1.54) is 0 Å². The van der Waals surface area contributed by atoms with E-state index in [9.17, 15) is 9.90 Å². The summed E-state index contributed by atoms with van der Waals surface area (Å²) in [5.74, 6) is 6.26. The number of aromatic nitrogens is 1. The van der Waals surface area contributed by atoms with Gasteiger partial charge in [-0.15, -0.1) is 0 Å². The van der Waals surface area contributed by atoms with Gasteiger partial charge < -0.3 is 15.7 Å². The van der Waals surface area contributed by atoms with Crippen molar-refractivity contribution in [1.82, 2.24) is 9.88 Å². The highest BCUT2D eigenvalue weighted by atomic mass is 16.3. The first-order valence-electron chi connectivity index (χ1n) is 7.31. The summed E-state index contributed by atoms with van der Waals surface area (Å²) in [7, 11) is 0. The van der Waals surface area contributed by atoms with Gasteiger partial charge in [-0.1, -0.05) is 11.8 Å². The smallest absolute Gasteiger partial charge is 0.272 e. The fourth-order valence-electron chi connectivity index (χ4n) is 3.31. The standard InChI is InChI=1S/C16H19N3O2/c17-7-1-2-11-3-5-14(18-8-11)16(21)19-9-12-4-6-15(20)13(12)10-19/h3,5,8,12-13,15,20H,4,6-7,9-10,17H2. The minimum atomic E-state index is -0.255. The Balaban J connectivity index is 1.68. The largest absolute Gasteiger partial charge is 0.393 e. The van der Waals surface area contributed by atoms with Crippen LogP contribution in [-0.2, 0) is 0 Å². The third-order valence-corrected chi connectivity index (χ3v) is 4.42. The zero-order valence-electron chi connectivity index (χ0n) is 11.8. The number of pyridine rings is 1. The molecular weight excluding hydrogens is 266 g/mol. The van der Waals surface area contributed by atoms with E-state index < -0.39 is 0 Å². The number of nitrogens with zero attached hydrogens (tertiary/aromatic N) is 2. The summed E-state index contributed by atoms with van der Waals surface area (Å²) in [6.45, 7) is 1.68. The Morgan fingerprint density at radius 1 is 1.43 bits per heavy atom. The van der Waals surface area contributed by atoms with Crippen molar-refractivity contribution >= 4 is 5.91 Å². The summed E-state index contributed by atoms with van der Waals surface area (Å²) in [5.41, 5.74) is 6.51. The highest BCUT2D eigenvalue weighted by Gasteiger charge is 2.43. The minimum absolute atomic E-state index is 0.0602. The number of amides is 1. The van der Waals surface area contributed by atoms with E-state index in [1.807, 2.05) is 4.90 Å². The van der Waals surface area contributed by atoms with Crippen LogP contribution in [0, 0.1) is 23.7 Å². The predicted molar refractivity (Wildman–Crippen MR) is 78.3 cm³/mol. The Morgan fingerprint density at radius 2 is 2.29 bits per heavy atom. The molecule has 3 N–H and O–H groups in total. The maximum absolute atomic E-state index is 12.4. The molecule has 3 unspecified atom stereocenters. The molecule has 5 heteroatoms. The quantitative estimate of drug-likeness (QED) is 0.724. The fraction of sp³-hybridized carbons (Fsp3) is 0.500. The molecule has 3 atom stereocenters. The van der Waals surface area contributed by atoms with Gasteiger partial charge in [0.25, 0.3) is 5.91 Å². The summed E-state index contributed by atoms with van der Waals surface area (Å²) >= 11 is 0. The number of aliphatic hydroxyl groups excluding tert-OH is 1. The van der Waals surface area contributed by atoms with E-state index in [0.29, 0.717) is 24.7 Å². The Morgan fingerprint density at radius 3 is 2.95 bits per heavy atom. The zero-order chi connectivity index (χ0) is 14.8. The lowest BCUT2D eigenvalue weighted by molar-refractivity contribution is 0.0746. The Hall–Kier alpha value is -1.90. The lowest BCUT2D eigenvalue weighted by Gasteiger charge is -2.17. The third-order valence-electron chi connectivity index (χ3n) is 4.42. The first-order chi connectivity index (χ1) is 10.2. The van der Waals surface area contributed by atoms with Crippen LogP contribution in [-0.4, -0.2) is 46.6 Å². The molecule has 0 bridgehead atoms. The van der Waals surface area contributed by atoms with Crippen LogP contribution in [0.15, 0.2) is 18.3 Å². The molecule has 2 heterocycles. The first-order valence-corrected chi connectivity index (χ1v) is 7.31. The lowest BCUT2D eigenvalue weighted by atomic mass is 10.00. The van der Waals surface area contributed by atoms with Gasteiger partial charge in [-0.2, -0.15) is 0 Å².